The van der Waals surface area contributed by atoms with Gasteiger partial charge in [0, 0.05) is 11.8 Å². The summed E-state index contributed by atoms with van der Waals surface area (Å²) in [6.07, 6.45) is 0. The van der Waals surface area contributed by atoms with Crippen LogP contribution in [0.25, 0.3) is 0 Å². The van der Waals surface area contributed by atoms with Gasteiger partial charge in [0.15, 0.2) is 5.17 Å². The third-order valence-electron chi connectivity index (χ3n) is 3.09. The second-order valence-electron chi connectivity index (χ2n) is 4.54. The molecule has 0 saturated heterocycles. The molecule has 2 aromatic rings. The molecule has 0 spiro atoms. The Kier molecular flexibility index (Phi) is 4.26. The molecule has 3 rings (SSSR count). The van der Waals surface area contributed by atoms with Gasteiger partial charge < -0.3 is 5.32 Å². The fourth-order valence-electron chi connectivity index (χ4n) is 2.02. The van der Waals surface area contributed by atoms with Gasteiger partial charge in [-0.05, 0) is 27.6 Å². The molecule has 1 aliphatic heterocycles. The Morgan fingerprint density at radius 1 is 1.14 bits per heavy atom. The summed E-state index contributed by atoms with van der Waals surface area (Å²) in [5.41, 5.74) is 1.34. The summed E-state index contributed by atoms with van der Waals surface area (Å²) in [7, 11) is 0. The van der Waals surface area contributed by atoms with E-state index in [9.17, 15) is 8.78 Å². The minimum Gasteiger partial charge on any atom is -0.333 e. The third kappa shape index (κ3) is 3.27. The first-order valence-electron chi connectivity index (χ1n) is 6.30. The van der Waals surface area contributed by atoms with E-state index in [4.69, 9.17) is 0 Å². The lowest BCUT2D eigenvalue weighted by molar-refractivity contribution is 0.582. The van der Waals surface area contributed by atoms with Crippen molar-refractivity contribution in [3.8, 4) is 0 Å². The van der Waals surface area contributed by atoms with E-state index in [0.29, 0.717) is 5.17 Å². The van der Waals surface area contributed by atoms with Gasteiger partial charge in [-0.2, -0.15) is 0 Å². The van der Waals surface area contributed by atoms with Crippen LogP contribution >= 0.6 is 27.7 Å². The first kappa shape index (κ1) is 14.5. The molecule has 1 aliphatic rings. The maximum atomic E-state index is 13.7. The van der Waals surface area contributed by atoms with E-state index in [-0.39, 0.29) is 16.2 Å². The third-order valence-corrected chi connectivity index (χ3v) is 4.66. The van der Waals surface area contributed by atoms with Crippen molar-refractivity contribution < 1.29 is 8.78 Å². The monoisotopic (exact) mass is 368 g/mol. The van der Waals surface area contributed by atoms with Crippen LogP contribution in [0.4, 0.5) is 14.5 Å². The molecule has 1 unspecified atom stereocenters. The van der Waals surface area contributed by atoms with Crippen LogP contribution < -0.4 is 5.32 Å². The summed E-state index contributed by atoms with van der Waals surface area (Å²) in [4.78, 5) is 4.54. The fraction of sp³-hybridized carbons (Fsp3) is 0.133. The van der Waals surface area contributed by atoms with E-state index in [1.807, 2.05) is 30.3 Å². The smallest absolute Gasteiger partial charge is 0.161 e. The first-order chi connectivity index (χ1) is 10.1. The summed E-state index contributed by atoms with van der Waals surface area (Å²) in [5.74, 6) is -0.459. The molecule has 0 amide bonds. The van der Waals surface area contributed by atoms with Gasteiger partial charge in [0.25, 0.3) is 0 Å². The Morgan fingerprint density at radius 3 is 2.67 bits per heavy atom. The molecule has 0 radical (unpaired) electrons. The molecule has 0 fully saturated rings. The average Bonchev–Trinajstić information content (AvgIpc) is 2.94. The van der Waals surface area contributed by atoms with E-state index in [1.165, 1.54) is 17.8 Å². The highest BCUT2D eigenvalue weighted by molar-refractivity contribution is 9.10. The Bertz CT molecular complexity index is 692. The quantitative estimate of drug-likeness (QED) is 0.755. The molecule has 0 aromatic heterocycles. The zero-order valence-electron chi connectivity index (χ0n) is 10.8. The van der Waals surface area contributed by atoms with Crippen LogP contribution in [-0.2, 0) is 0 Å². The zero-order valence-corrected chi connectivity index (χ0v) is 13.2. The van der Waals surface area contributed by atoms with Crippen molar-refractivity contribution in [2.24, 2.45) is 4.99 Å². The number of anilines is 1. The normalized spacial score (nSPS) is 17.7. The van der Waals surface area contributed by atoms with Crippen molar-refractivity contribution in [2.75, 3.05) is 11.1 Å². The first-order valence-corrected chi connectivity index (χ1v) is 8.08. The number of thioether (sulfide) groups is 1. The average molecular weight is 369 g/mol. The van der Waals surface area contributed by atoms with Crippen LogP contribution in [-0.4, -0.2) is 10.9 Å². The van der Waals surface area contributed by atoms with E-state index in [2.05, 4.69) is 26.2 Å². The number of aliphatic imine (C=N–C) groups is 1. The molecule has 2 nitrogen and oxygen atoms in total. The highest BCUT2D eigenvalue weighted by Gasteiger charge is 2.21. The number of hydrogen-bond acceptors (Lipinski definition) is 3. The Morgan fingerprint density at radius 2 is 1.90 bits per heavy atom. The number of amidine groups is 1. The lowest BCUT2D eigenvalue weighted by Crippen LogP contribution is -2.07. The van der Waals surface area contributed by atoms with Gasteiger partial charge in [-0.1, -0.05) is 42.1 Å². The predicted octanol–water partition coefficient (Wildman–Crippen LogP) is 4.98. The van der Waals surface area contributed by atoms with Gasteiger partial charge in [-0.3, -0.25) is 4.99 Å². The summed E-state index contributed by atoms with van der Waals surface area (Å²) < 4.78 is 27.1. The van der Waals surface area contributed by atoms with Crippen molar-refractivity contribution in [1.29, 1.82) is 0 Å². The molecule has 1 N–H and O–H groups in total. The van der Waals surface area contributed by atoms with Gasteiger partial charge in [0.2, 0.25) is 0 Å². The molecule has 108 valence electrons. The maximum absolute atomic E-state index is 13.7. The number of rotatable bonds is 2. The standard InChI is InChI=1S/C15H11BrF2N2S/c16-10-6-13(12(18)7-11(10)17)19-15-20-14(8-21-15)9-4-2-1-3-5-9/h1-7,14H,8H2,(H,19,20). The Labute approximate surface area is 133 Å². The predicted molar refractivity (Wildman–Crippen MR) is 86.8 cm³/mol. The number of nitrogens with one attached hydrogen (secondary N) is 1. The van der Waals surface area contributed by atoms with Gasteiger partial charge >= 0.3 is 0 Å². The second-order valence-corrected chi connectivity index (χ2v) is 6.41. The maximum Gasteiger partial charge on any atom is 0.161 e. The minimum absolute atomic E-state index is 0.0608. The van der Waals surface area contributed by atoms with Crippen LogP contribution in [0.15, 0.2) is 51.9 Å². The van der Waals surface area contributed by atoms with Crippen molar-refractivity contribution in [2.45, 2.75) is 6.04 Å². The zero-order chi connectivity index (χ0) is 14.8. The summed E-state index contributed by atoms with van der Waals surface area (Å²) in [5, 5.41) is 3.56. The van der Waals surface area contributed by atoms with Crippen LogP contribution in [0, 0.1) is 11.6 Å². The topological polar surface area (TPSA) is 24.4 Å². The Hall–Kier alpha value is -1.40. The van der Waals surface area contributed by atoms with Crippen molar-refractivity contribution in [3.05, 3.63) is 64.1 Å². The van der Waals surface area contributed by atoms with Crippen molar-refractivity contribution >= 4 is 38.5 Å². The molecule has 21 heavy (non-hydrogen) atoms. The SMILES string of the molecule is Fc1cc(F)c(NC2=NC(c3ccccc3)CS2)cc1Br. The highest BCUT2D eigenvalue weighted by atomic mass is 79.9. The van der Waals surface area contributed by atoms with Crippen LogP contribution in [0.1, 0.15) is 11.6 Å². The fourth-order valence-corrected chi connectivity index (χ4v) is 3.33. The second kappa shape index (κ2) is 6.15. The van der Waals surface area contributed by atoms with Crippen LogP contribution in [0.3, 0.4) is 0 Å². The van der Waals surface area contributed by atoms with Crippen LogP contribution in [0.2, 0.25) is 0 Å². The molecule has 2 aromatic carbocycles. The van der Waals surface area contributed by atoms with Gasteiger partial charge in [-0.15, -0.1) is 0 Å². The number of halogens is 3. The molecular weight excluding hydrogens is 358 g/mol. The summed E-state index contributed by atoms with van der Waals surface area (Å²) in [6.45, 7) is 0. The molecule has 1 heterocycles. The molecule has 0 aliphatic carbocycles. The van der Waals surface area contributed by atoms with Gasteiger partial charge in [0.05, 0.1) is 16.2 Å². The largest absolute Gasteiger partial charge is 0.333 e. The Balaban J connectivity index is 1.79. The van der Waals surface area contributed by atoms with Gasteiger partial charge in [-0.25, -0.2) is 8.78 Å². The number of benzene rings is 2. The lowest BCUT2D eigenvalue weighted by Gasteiger charge is -2.07. The summed E-state index contributed by atoms with van der Waals surface area (Å²) >= 11 is 4.57. The van der Waals surface area contributed by atoms with E-state index >= 15 is 0 Å². The number of nitrogens with zero attached hydrogens (tertiary/aromatic N) is 1. The van der Waals surface area contributed by atoms with Crippen LogP contribution in [0.5, 0.6) is 0 Å². The van der Waals surface area contributed by atoms with Crippen molar-refractivity contribution in [1.82, 2.24) is 0 Å². The van der Waals surface area contributed by atoms with E-state index in [0.717, 1.165) is 17.4 Å². The number of hydrogen-bond donors (Lipinski definition) is 1. The molecule has 0 bridgehead atoms. The minimum atomic E-state index is -0.637. The molecular formula is C15H11BrF2N2S. The van der Waals surface area contributed by atoms with Crippen molar-refractivity contribution in [3.63, 3.8) is 0 Å². The van der Waals surface area contributed by atoms with E-state index in [1.54, 1.807) is 0 Å². The summed E-state index contributed by atoms with van der Waals surface area (Å²) in [6, 6.07) is 12.2. The molecule has 1 atom stereocenters. The lowest BCUT2D eigenvalue weighted by atomic mass is 10.1. The highest BCUT2D eigenvalue weighted by Crippen LogP contribution is 2.32. The van der Waals surface area contributed by atoms with E-state index < -0.39 is 11.6 Å². The van der Waals surface area contributed by atoms with Gasteiger partial charge in [0.1, 0.15) is 11.6 Å². The molecule has 0 saturated carbocycles. The molecule has 6 heteroatoms.